The highest BCUT2D eigenvalue weighted by Crippen LogP contribution is 2.20. The third-order valence-electron chi connectivity index (χ3n) is 2.00. The zero-order valence-corrected chi connectivity index (χ0v) is 11.6. The van der Waals surface area contributed by atoms with Crippen molar-refractivity contribution in [2.24, 2.45) is 0 Å². The predicted octanol–water partition coefficient (Wildman–Crippen LogP) is 3.37. The lowest BCUT2D eigenvalue weighted by Crippen LogP contribution is -2.12. The molecule has 0 saturated carbocycles. The van der Waals surface area contributed by atoms with E-state index in [2.05, 4.69) is 5.10 Å². The van der Waals surface area contributed by atoms with Crippen molar-refractivity contribution in [1.29, 1.82) is 0 Å². The Morgan fingerprint density at radius 2 is 2.18 bits per heavy atom. The smallest absolute Gasteiger partial charge is 0.375 e. The molecule has 0 saturated heterocycles. The lowest BCUT2D eigenvalue weighted by Gasteiger charge is -2.05. The summed E-state index contributed by atoms with van der Waals surface area (Å²) in [6, 6.07) is 0. The van der Waals surface area contributed by atoms with Crippen molar-refractivity contribution in [3.63, 3.8) is 0 Å². The molecule has 1 aromatic rings. The summed E-state index contributed by atoms with van der Waals surface area (Å²) in [5.74, 6) is 0. The molecular formula is C10H14F3IN2O. The highest BCUT2D eigenvalue weighted by atomic mass is 127. The molecule has 0 aliphatic rings. The fourth-order valence-corrected chi connectivity index (χ4v) is 1.79. The minimum absolute atomic E-state index is 0.146. The van der Waals surface area contributed by atoms with Gasteiger partial charge in [-0.2, -0.15) is 18.3 Å². The van der Waals surface area contributed by atoms with Gasteiger partial charge in [0.05, 0.1) is 16.6 Å². The molecular weight excluding hydrogens is 348 g/mol. The maximum atomic E-state index is 12.0. The van der Waals surface area contributed by atoms with Crippen LogP contribution in [0.15, 0.2) is 6.20 Å². The zero-order chi connectivity index (χ0) is 12.9. The molecule has 0 aromatic carbocycles. The molecule has 1 heterocycles. The summed E-state index contributed by atoms with van der Waals surface area (Å²) in [4.78, 5) is 0. The monoisotopic (exact) mass is 362 g/mol. The number of hydrogen-bond acceptors (Lipinski definition) is 2. The van der Waals surface area contributed by atoms with Gasteiger partial charge in [0.2, 0.25) is 0 Å². The summed E-state index contributed by atoms with van der Waals surface area (Å²) in [6.07, 6.45) is -2.49. The van der Waals surface area contributed by atoms with E-state index in [1.54, 1.807) is 6.20 Å². The molecule has 0 fully saturated rings. The van der Waals surface area contributed by atoms with Crippen LogP contribution in [0.4, 0.5) is 13.2 Å². The van der Waals surface area contributed by atoms with Crippen molar-refractivity contribution in [2.75, 3.05) is 6.61 Å². The topological polar surface area (TPSA) is 27.1 Å². The van der Waals surface area contributed by atoms with E-state index in [4.69, 9.17) is 4.74 Å². The second-order valence-electron chi connectivity index (χ2n) is 3.60. The molecule has 0 amide bonds. The first-order valence-electron chi connectivity index (χ1n) is 5.28. The van der Waals surface area contributed by atoms with Gasteiger partial charge in [-0.15, -0.1) is 0 Å². The van der Waals surface area contributed by atoms with Crippen molar-refractivity contribution in [3.05, 3.63) is 15.5 Å². The summed E-state index contributed by atoms with van der Waals surface area (Å²) in [5, 5.41) is 4.07. The van der Waals surface area contributed by atoms with Crippen LogP contribution in [-0.2, 0) is 17.9 Å². The average molecular weight is 362 g/mol. The number of halogens is 4. The summed E-state index contributed by atoms with van der Waals surface area (Å²) in [6.45, 7) is 2.83. The van der Waals surface area contributed by atoms with Crippen LogP contribution in [0.2, 0.25) is 0 Å². The van der Waals surface area contributed by atoms with Gasteiger partial charge in [-0.3, -0.25) is 4.68 Å². The van der Waals surface area contributed by atoms with Gasteiger partial charge in [-0.25, -0.2) is 0 Å². The normalized spacial score (nSPS) is 12.1. The van der Waals surface area contributed by atoms with E-state index < -0.39 is 12.6 Å². The number of aromatic nitrogens is 2. The van der Waals surface area contributed by atoms with E-state index in [0.29, 0.717) is 18.9 Å². The number of ether oxygens (including phenoxy) is 1. The second-order valence-corrected chi connectivity index (χ2v) is 4.77. The van der Waals surface area contributed by atoms with Crippen LogP contribution < -0.4 is 0 Å². The predicted molar refractivity (Wildman–Crippen MR) is 65.6 cm³/mol. The van der Waals surface area contributed by atoms with E-state index in [-0.39, 0.29) is 6.54 Å². The van der Waals surface area contributed by atoms with Gasteiger partial charge < -0.3 is 4.74 Å². The highest BCUT2D eigenvalue weighted by molar-refractivity contribution is 14.1. The van der Waals surface area contributed by atoms with Crippen molar-refractivity contribution in [3.8, 4) is 0 Å². The Morgan fingerprint density at radius 3 is 2.76 bits per heavy atom. The zero-order valence-electron chi connectivity index (χ0n) is 9.43. The number of rotatable bonds is 6. The van der Waals surface area contributed by atoms with Crippen LogP contribution in [0.25, 0.3) is 0 Å². The minimum Gasteiger partial charge on any atom is -0.375 e. The van der Waals surface area contributed by atoms with Gasteiger partial charge in [0, 0.05) is 19.3 Å². The fourth-order valence-electron chi connectivity index (χ4n) is 1.20. The van der Waals surface area contributed by atoms with Crippen LogP contribution in [0, 0.1) is 3.57 Å². The largest absolute Gasteiger partial charge is 0.390 e. The molecule has 1 aromatic heterocycles. The Kier molecular flexibility index (Phi) is 5.71. The molecule has 0 N–H and O–H groups in total. The molecule has 0 aliphatic heterocycles. The number of aryl methyl sites for hydroxylation is 1. The van der Waals surface area contributed by atoms with Gasteiger partial charge in [0.15, 0.2) is 0 Å². The lowest BCUT2D eigenvalue weighted by molar-refractivity contribution is -0.137. The first kappa shape index (κ1) is 14.7. The Labute approximate surface area is 111 Å². The van der Waals surface area contributed by atoms with Crippen molar-refractivity contribution in [2.45, 2.75) is 39.1 Å². The molecule has 0 radical (unpaired) electrons. The van der Waals surface area contributed by atoms with Gasteiger partial charge in [0.25, 0.3) is 0 Å². The van der Waals surface area contributed by atoms with Crippen LogP contribution >= 0.6 is 22.6 Å². The molecule has 0 aliphatic carbocycles. The second kappa shape index (κ2) is 6.58. The van der Waals surface area contributed by atoms with Gasteiger partial charge >= 0.3 is 6.18 Å². The molecule has 0 spiro atoms. The van der Waals surface area contributed by atoms with E-state index in [1.807, 2.05) is 29.5 Å². The average Bonchev–Trinajstić information content (AvgIpc) is 2.56. The van der Waals surface area contributed by atoms with Gasteiger partial charge in [-0.1, -0.05) is 6.92 Å². The Balaban J connectivity index is 2.49. The number of alkyl halides is 3. The van der Waals surface area contributed by atoms with Crippen LogP contribution in [0.5, 0.6) is 0 Å². The summed E-state index contributed by atoms with van der Waals surface area (Å²) < 4.78 is 43.5. The highest BCUT2D eigenvalue weighted by Gasteiger charge is 2.26. The SMILES string of the molecule is CCCOCc1nn(CCC(F)(F)F)cc1I. The molecule has 98 valence electrons. The Hall–Kier alpha value is -0.310. The molecule has 3 nitrogen and oxygen atoms in total. The van der Waals surface area contributed by atoms with Crippen LogP contribution in [0.3, 0.4) is 0 Å². The Morgan fingerprint density at radius 1 is 1.47 bits per heavy atom. The molecule has 0 bridgehead atoms. The lowest BCUT2D eigenvalue weighted by atomic mass is 10.4. The number of nitrogens with zero attached hydrogens (tertiary/aromatic N) is 2. The number of hydrogen-bond donors (Lipinski definition) is 0. The Bertz CT molecular complexity index is 352. The standard InChI is InChI=1S/C10H14F3IN2O/c1-2-5-17-7-9-8(14)6-16(15-9)4-3-10(11,12)13/h6H,2-5,7H2,1H3. The molecule has 17 heavy (non-hydrogen) atoms. The fraction of sp³-hybridized carbons (Fsp3) is 0.700. The quantitative estimate of drug-likeness (QED) is 0.573. The molecule has 1 rings (SSSR count). The first-order chi connectivity index (χ1) is 7.92. The maximum absolute atomic E-state index is 12.0. The van der Waals surface area contributed by atoms with Gasteiger partial charge in [-0.05, 0) is 29.0 Å². The minimum atomic E-state index is -4.14. The van der Waals surface area contributed by atoms with Crippen LogP contribution in [0.1, 0.15) is 25.5 Å². The molecule has 0 atom stereocenters. The van der Waals surface area contributed by atoms with E-state index in [0.717, 1.165) is 9.99 Å². The van der Waals surface area contributed by atoms with E-state index >= 15 is 0 Å². The van der Waals surface area contributed by atoms with Crippen LogP contribution in [-0.4, -0.2) is 22.6 Å². The third kappa shape index (κ3) is 5.71. The van der Waals surface area contributed by atoms with Crippen molar-refractivity contribution >= 4 is 22.6 Å². The molecule has 7 heteroatoms. The van der Waals surface area contributed by atoms with E-state index in [9.17, 15) is 13.2 Å². The summed E-state index contributed by atoms with van der Waals surface area (Å²) >= 11 is 2.05. The van der Waals surface area contributed by atoms with Crippen molar-refractivity contribution in [1.82, 2.24) is 9.78 Å². The third-order valence-corrected chi connectivity index (χ3v) is 2.90. The first-order valence-corrected chi connectivity index (χ1v) is 6.36. The van der Waals surface area contributed by atoms with Gasteiger partial charge in [0.1, 0.15) is 5.69 Å². The summed E-state index contributed by atoms with van der Waals surface area (Å²) in [7, 11) is 0. The summed E-state index contributed by atoms with van der Waals surface area (Å²) in [5.41, 5.74) is 0.696. The van der Waals surface area contributed by atoms with Crippen molar-refractivity contribution < 1.29 is 17.9 Å². The van der Waals surface area contributed by atoms with E-state index in [1.165, 1.54) is 4.68 Å². The maximum Gasteiger partial charge on any atom is 0.390 e. The molecule has 0 unspecified atom stereocenters.